The number of likely N-dealkylation sites (tertiary alicyclic amines) is 1. The number of benzene rings is 1. The minimum atomic E-state index is -0.847. The third-order valence-electron chi connectivity index (χ3n) is 5.68. The molecule has 1 fully saturated rings. The summed E-state index contributed by atoms with van der Waals surface area (Å²) in [7, 11) is 1.56. The molecule has 2 aliphatic rings. The fraction of sp³-hybridized carbons (Fsp3) is 0.318. The molecule has 13 heteroatoms. The largest absolute Gasteiger partial charge is 0.483 e. The van der Waals surface area contributed by atoms with E-state index in [1.807, 2.05) is 0 Å². The number of hydrogen-bond donors (Lipinski definition) is 0. The number of aromatic nitrogens is 4. The van der Waals surface area contributed by atoms with Gasteiger partial charge in [-0.05, 0) is 17.7 Å². The van der Waals surface area contributed by atoms with Gasteiger partial charge < -0.3 is 9.64 Å². The first-order valence-corrected chi connectivity index (χ1v) is 10.7. The van der Waals surface area contributed by atoms with Crippen LogP contribution in [-0.4, -0.2) is 61.1 Å². The molecule has 5 rings (SSSR count). The van der Waals surface area contributed by atoms with Crippen molar-refractivity contribution in [3.05, 3.63) is 59.3 Å². The van der Waals surface area contributed by atoms with Gasteiger partial charge in [0.2, 0.25) is 0 Å². The van der Waals surface area contributed by atoms with E-state index < -0.39 is 42.3 Å². The summed E-state index contributed by atoms with van der Waals surface area (Å²) in [6.45, 7) is -0.537. The molecule has 0 N–H and O–H groups in total. The number of alkyl halides is 1. The van der Waals surface area contributed by atoms with Crippen molar-refractivity contribution in [2.75, 3.05) is 13.1 Å². The Kier molecular flexibility index (Phi) is 5.83. The van der Waals surface area contributed by atoms with Crippen molar-refractivity contribution >= 4 is 12.2 Å². The molecule has 0 bridgehead atoms. The Bertz CT molecular complexity index is 1290. The smallest absolute Gasteiger partial charge is 0.341 e. The lowest BCUT2D eigenvalue weighted by atomic mass is 10.0. The Labute approximate surface area is 196 Å². The molecule has 1 aromatic carbocycles. The number of urea groups is 1. The van der Waals surface area contributed by atoms with E-state index in [4.69, 9.17) is 4.74 Å². The summed E-state index contributed by atoms with van der Waals surface area (Å²) in [6, 6.07) is 3.35. The van der Waals surface area contributed by atoms with Crippen LogP contribution in [0.15, 0.2) is 35.6 Å². The lowest BCUT2D eigenvalue weighted by Gasteiger charge is -2.41. The van der Waals surface area contributed by atoms with E-state index in [1.165, 1.54) is 39.0 Å². The summed E-state index contributed by atoms with van der Waals surface area (Å²) in [5, 5.41) is 9.14. The zero-order chi connectivity index (χ0) is 24.7. The van der Waals surface area contributed by atoms with Gasteiger partial charge in [0.05, 0.1) is 25.3 Å². The lowest BCUT2D eigenvalue weighted by Crippen LogP contribution is -2.58. The van der Waals surface area contributed by atoms with Crippen molar-refractivity contribution in [2.45, 2.75) is 25.2 Å². The standard InChI is InChI=1S/C22H19F4N7O2/c1-31-21(29-20(8-23)30-31)17-7-19(16(26)9-27-17)35-15-10-32(11-15)22(34)33-18(2-3-28-33)12-4-13(24)6-14(25)5-12/h3-7,9,15,18H,2,8,10-11H2,1H3/t18-/m0/s1. The number of carbonyl (C=O) groups is 1. The van der Waals surface area contributed by atoms with Gasteiger partial charge in [-0.2, -0.15) is 10.2 Å². The predicted octanol–water partition coefficient (Wildman–Crippen LogP) is 3.38. The minimum absolute atomic E-state index is 0.0203. The maximum atomic E-state index is 14.3. The normalized spacial score (nSPS) is 17.7. The number of rotatable bonds is 5. The number of carbonyl (C=O) groups excluding carboxylic acids is 1. The maximum absolute atomic E-state index is 14.3. The summed E-state index contributed by atoms with van der Waals surface area (Å²) >= 11 is 0. The number of pyridine rings is 1. The summed E-state index contributed by atoms with van der Waals surface area (Å²) in [6.07, 6.45) is 2.30. The topological polar surface area (TPSA) is 88.7 Å². The van der Waals surface area contributed by atoms with E-state index in [-0.39, 0.29) is 36.2 Å². The fourth-order valence-electron chi connectivity index (χ4n) is 3.99. The average Bonchev–Trinajstić information content (AvgIpc) is 3.43. The summed E-state index contributed by atoms with van der Waals surface area (Å²) < 4.78 is 61.5. The second-order valence-corrected chi connectivity index (χ2v) is 8.13. The summed E-state index contributed by atoms with van der Waals surface area (Å²) in [5.41, 5.74) is 0.549. The molecule has 0 spiro atoms. The van der Waals surface area contributed by atoms with Crippen molar-refractivity contribution < 1.29 is 27.1 Å². The van der Waals surface area contributed by atoms with Crippen molar-refractivity contribution in [3.8, 4) is 17.3 Å². The molecule has 9 nitrogen and oxygen atoms in total. The second kappa shape index (κ2) is 8.96. The number of nitrogens with zero attached hydrogens (tertiary/aromatic N) is 7. The number of hydrogen-bond acceptors (Lipinski definition) is 6. The average molecular weight is 489 g/mol. The van der Waals surface area contributed by atoms with Crippen molar-refractivity contribution in [2.24, 2.45) is 12.1 Å². The Balaban J connectivity index is 1.24. The van der Waals surface area contributed by atoms with Crippen LogP contribution in [0.2, 0.25) is 0 Å². The van der Waals surface area contributed by atoms with Gasteiger partial charge in [-0.25, -0.2) is 42.0 Å². The Morgan fingerprint density at radius 2 is 1.89 bits per heavy atom. The number of aryl methyl sites for hydroxylation is 1. The van der Waals surface area contributed by atoms with Crippen molar-refractivity contribution in [1.82, 2.24) is 29.7 Å². The van der Waals surface area contributed by atoms with Crippen LogP contribution >= 0.6 is 0 Å². The molecule has 2 aromatic heterocycles. The van der Waals surface area contributed by atoms with Crippen molar-refractivity contribution in [3.63, 3.8) is 0 Å². The zero-order valence-corrected chi connectivity index (χ0v) is 18.4. The highest BCUT2D eigenvalue weighted by Crippen LogP contribution is 2.32. The van der Waals surface area contributed by atoms with Gasteiger partial charge in [-0.3, -0.25) is 0 Å². The molecule has 3 aromatic rings. The maximum Gasteiger partial charge on any atom is 0.341 e. The molecule has 0 aliphatic carbocycles. The lowest BCUT2D eigenvalue weighted by molar-refractivity contribution is 0.0256. The number of hydrazone groups is 1. The SMILES string of the molecule is Cn1nc(CF)nc1-c1cc(OC2CN(C(=O)N3N=CC[C@H]3c3cc(F)cc(F)c3)C2)c(F)cn1. The van der Waals surface area contributed by atoms with Crippen LogP contribution in [-0.2, 0) is 13.7 Å². The Morgan fingerprint density at radius 3 is 2.57 bits per heavy atom. The van der Waals surface area contributed by atoms with Gasteiger partial charge >= 0.3 is 6.03 Å². The molecule has 4 heterocycles. The molecule has 2 aliphatic heterocycles. The molecule has 182 valence electrons. The van der Waals surface area contributed by atoms with E-state index >= 15 is 0 Å². The van der Waals surface area contributed by atoms with Gasteiger partial charge in [-0.15, -0.1) is 0 Å². The number of amides is 2. The van der Waals surface area contributed by atoms with E-state index in [2.05, 4.69) is 20.2 Å². The van der Waals surface area contributed by atoms with Crippen LogP contribution in [0.25, 0.3) is 11.5 Å². The highest BCUT2D eigenvalue weighted by molar-refractivity contribution is 5.79. The van der Waals surface area contributed by atoms with Gasteiger partial charge in [0, 0.05) is 31.8 Å². The molecular weight excluding hydrogens is 470 g/mol. The van der Waals surface area contributed by atoms with Crippen LogP contribution < -0.4 is 4.74 Å². The first-order valence-electron chi connectivity index (χ1n) is 10.7. The van der Waals surface area contributed by atoms with E-state index in [1.54, 1.807) is 7.05 Å². The number of halogens is 4. The first kappa shape index (κ1) is 22.7. The molecule has 0 radical (unpaired) electrons. The third kappa shape index (κ3) is 4.40. The minimum Gasteiger partial charge on any atom is -0.483 e. The molecular formula is C22H19F4N7O2. The van der Waals surface area contributed by atoms with E-state index in [9.17, 15) is 22.4 Å². The van der Waals surface area contributed by atoms with Crippen LogP contribution in [0, 0.1) is 17.5 Å². The zero-order valence-electron chi connectivity index (χ0n) is 18.4. The summed E-state index contributed by atoms with van der Waals surface area (Å²) in [4.78, 5) is 22.3. The highest BCUT2D eigenvalue weighted by atomic mass is 19.1. The summed E-state index contributed by atoms with van der Waals surface area (Å²) in [5.74, 6) is -2.05. The molecule has 0 saturated carbocycles. The number of ether oxygens (including phenoxy) is 1. The Morgan fingerprint density at radius 1 is 1.14 bits per heavy atom. The van der Waals surface area contributed by atoms with Crippen LogP contribution in [0.4, 0.5) is 22.4 Å². The molecule has 1 saturated heterocycles. The Hall–Kier alpha value is -4.03. The quantitative estimate of drug-likeness (QED) is 0.513. The monoisotopic (exact) mass is 489 g/mol. The van der Waals surface area contributed by atoms with Crippen molar-refractivity contribution in [1.29, 1.82) is 0 Å². The molecule has 1 atom stereocenters. The van der Waals surface area contributed by atoms with E-state index in [0.717, 1.165) is 12.3 Å². The van der Waals surface area contributed by atoms with Crippen LogP contribution in [0.3, 0.4) is 0 Å². The molecule has 0 unspecified atom stereocenters. The third-order valence-corrected chi connectivity index (χ3v) is 5.68. The van der Waals surface area contributed by atoms with E-state index in [0.29, 0.717) is 12.0 Å². The van der Waals surface area contributed by atoms with Gasteiger partial charge in [0.25, 0.3) is 0 Å². The molecule has 35 heavy (non-hydrogen) atoms. The van der Waals surface area contributed by atoms with Crippen LogP contribution in [0.5, 0.6) is 5.75 Å². The predicted molar refractivity (Wildman–Crippen MR) is 114 cm³/mol. The van der Waals surface area contributed by atoms with Gasteiger partial charge in [-0.1, -0.05) is 0 Å². The second-order valence-electron chi connectivity index (χ2n) is 8.13. The first-order chi connectivity index (χ1) is 16.8. The van der Waals surface area contributed by atoms with Crippen LogP contribution in [0.1, 0.15) is 23.9 Å². The molecule has 2 amide bonds. The highest BCUT2D eigenvalue weighted by Gasteiger charge is 2.39. The van der Waals surface area contributed by atoms with Gasteiger partial charge in [0.15, 0.2) is 29.9 Å². The fourth-order valence-corrected chi connectivity index (χ4v) is 3.99. The van der Waals surface area contributed by atoms with Gasteiger partial charge in [0.1, 0.15) is 23.4 Å².